The maximum Gasteiger partial charge on any atom is 0.411 e. The average Bonchev–Trinajstić information content (AvgIpc) is 3.63. The molecule has 198 valence electrons. The molecule has 0 aliphatic heterocycles. The highest BCUT2D eigenvalue weighted by Gasteiger charge is 2.64. The van der Waals surface area contributed by atoms with Gasteiger partial charge in [0.25, 0.3) is 0 Å². The van der Waals surface area contributed by atoms with Gasteiger partial charge in [0.05, 0.1) is 16.1 Å². The third-order valence-corrected chi connectivity index (χ3v) is 7.15. The second-order valence-electron chi connectivity index (χ2n) is 8.87. The fourth-order valence-corrected chi connectivity index (χ4v) is 4.79. The Morgan fingerprint density at radius 3 is 2.34 bits per heavy atom. The molecule has 4 aromatic rings. The van der Waals surface area contributed by atoms with E-state index in [1.165, 1.54) is 42.5 Å². The van der Waals surface area contributed by atoms with Crippen molar-refractivity contribution < 1.29 is 26.0 Å². The lowest BCUT2D eigenvalue weighted by molar-refractivity contribution is -0.151. The van der Waals surface area contributed by atoms with E-state index in [4.69, 9.17) is 16.7 Å². The number of nitrogens with zero attached hydrogens (tertiary/aromatic N) is 3. The van der Waals surface area contributed by atoms with Crippen LogP contribution in [0, 0.1) is 5.82 Å². The Kier molecular flexibility index (Phi) is 6.40. The van der Waals surface area contributed by atoms with E-state index < -0.39 is 27.6 Å². The minimum absolute atomic E-state index is 0.000464. The molecule has 4 N–H and O–H groups in total. The maximum atomic E-state index is 13.8. The van der Waals surface area contributed by atoms with Gasteiger partial charge in [-0.15, -0.1) is 0 Å². The monoisotopic (exact) mass is 566 g/mol. The van der Waals surface area contributed by atoms with Gasteiger partial charge in [-0.3, -0.25) is 0 Å². The summed E-state index contributed by atoms with van der Waals surface area (Å²) < 4.78 is 78.1. The molecular formula is C24H19ClF4N6O2S. The molecule has 2 heterocycles. The number of alkyl halides is 3. The maximum absolute atomic E-state index is 13.8. The zero-order chi connectivity index (χ0) is 27.3. The van der Waals surface area contributed by atoms with E-state index in [-0.39, 0.29) is 52.1 Å². The lowest BCUT2D eigenvalue weighted by Crippen LogP contribution is -2.39. The molecule has 0 amide bonds. The molecular weight excluding hydrogens is 548 g/mol. The van der Waals surface area contributed by atoms with Crippen LogP contribution >= 0.6 is 11.6 Å². The van der Waals surface area contributed by atoms with Crippen LogP contribution < -0.4 is 15.8 Å². The van der Waals surface area contributed by atoms with E-state index >= 15 is 0 Å². The molecule has 8 nitrogen and oxygen atoms in total. The van der Waals surface area contributed by atoms with E-state index in [0.717, 1.165) is 0 Å². The lowest BCUT2D eigenvalue weighted by Gasteiger charge is -2.22. The zero-order valence-electron chi connectivity index (χ0n) is 19.4. The fourth-order valence-electron chi connectivity index (χ4n) is 3.86. The fraction of sp³-hybridized carbons (Fsp3) is 0.208. The Hall–Kier alpha value is -3.55. The van der Waals surface area contributed by atoms with Crippen LogP contribution in [-0.2, 0) is 16.6 Å². The number of sulfonamides is 1. The second kappa shape index (κ2) is 9.33. The molecule has 14 heteroatoms. The largest absolute Gasteiger partial charge is 0.411 e. The van der Waals surface area contributed by atoms with Crippen molar-refractivity contribution in [3.8, 4) is 11.3 Å². The van der Waals surface area contributed by atoms with E-state index in [1.54, 1.807) is 12.1 Å². The summed E-state index contributed by atoms with van der Waals surface area (Å²) in [6, 6.07) is 12.7. The minimum Gasteiger partial charge on any atom is -0.354 e. The Labute approximate surface area is 219 Å². The third kappa shape index (κ3) is 5.35. The number of rotatable bonds is 7. The molecule has 0 unspecified atom stereocenters. The molecule has 1 aliphatic carbocycles. The van der Waals surface area contributed by atoms with Gasteiger partial charge in [0.2, 0.25) is 16.0 Å². The van der Waals surface area contributed by atoms with Crippen molar-refractivity contribution in [3.63, 3.8) is 0 Å². The molecule has 0 radical (unpaired) electrons. The molecule has 38 heavy (non-hydrogen) atoms. The van der Waals surface area contributed by atoms with Crippen molar-refractivity contribution in [3.05, 3.63) is 71.0 Å². The number of nitrogens with two attached hydrogens (primary N) is 1. The van der Waals surface area contributed by atoms with E-state index in [9.17, 15) is 26.0 Å². The summed E-state index contributed by atoms with van der Waals surface area (Å²) in [4.78, 5) is 12.9. The first-order chi connectivity index (χ1) is 17.8. The first kappa shape index (κ1) is 26.1. The Morgan fingerprint density at radius 2 is 1.71 bits per heavy atom. The number of aromatic nitrogens is 3. The summed E-state index contributed by atoms with van der Waals surface area (Å²) in [6.45, 7) is -0.000464. The first-order valence-corrected chi connectivity index (χ1v) is 13.1. The van der Waals surface area contributed by atoms with Crippen LogP contribution in [0.3, 0.4) is 0 Å². The summed E-state index contributed by atoms with van der Waals surface area (Å²) in [5, 5.41) is 10.7. The summed E-state index contributed by atoms with van der Waals surface area (Å²) in [7, 11) is -4.01. The molecule has 0 spiro atoms. The van der Waals surface area contributed by atoms with Crippen molar-refractivity contribution in [2.45, 2.75) is 36.0 Å². The average molecular weight is 567 g/mol. The highest BCUT2D eigenvalue weighted by molar-refractivity contribution is 7.89. The summed E-state index contributed by atoms with van der Waals surface area (Å²) in [6.07, 6.45) is -4.76. The van der Waals surface area contributed by atoms with Gasteiger partial charge in [-0.25, -0.2) is 27.9 Å². The summed E-state index contributed by atoms with van der Waals surface area (Å²) >= 11 is 6.01. The van der Waals surface area contributed by atoms with Crippen LogP contribution in [0.1, 0.15) is 18.4 Å². The Morgan fingerprint density at radius 1 is 1.00 bits per heavy atom. The molecule has 5 rings (SSSR count). The highest BCUT2D eigenvalue weighted by atomic mass is 35.5. The smallest absolute Gasteiger partial charge is 0.354 e. The van der Waals surface area contributed by atoms with Gasteiger partial charge >= 0.3 is 6.18 Å². The van der Waals surface area contributed by atoms with Gasteiger partial charge in [-0.2, -0.15) is 18.2 Å². The number of nitrogens with one attached hydrogen (secondary N) is 2. The quantitative estimate of drug-likeness (QED) is 0.261. The van der Waals surface area contributed by atoms with Crippen LogP contribution in [0.15, 0.2) is 59.5 Å². The van der Waals surface area contributed by atoms with Gasteiger partial charge in [-0.1, -0.05) is 11.6 Å². The number of hydrogen-bond acceptors (Lipinski definition) is 7. The number of primary sulfonamides is 1. The van der Waals surface area contributed by atoms with Gasteiger partial charge in [0.1, 0.15) is 16.9 Å². The number of anilines is 2. The Bertz CT molecular complexity index is 1640. The normalized spacial score (nSPS) is 14.9. The van der Waals surface area contributed by atoms with Crippen LogP contribution in [-0.4, -0.2) is 35.1 Å². The standard InChI is InChI=1S/C24H19ClF4N6O2S/c25-15-9-13(10-17(11-15)38(30,36)37)12-31-22-33-19-6-5-18(14-1-3-16(26)4-2-14)32-20(19)21(34-22)35-23(7-8-23)24(27,28)29/h1-6,9-11H,7-8,12H2,(H2,30,36,37)(H2,31,33,34,35). The van der Waals surface area contributed by atoms with Gasteiger partial charge in [-0.05, 0) is 73.0 Å². The van der Waals surface area contributed by atoms with E-state index in [0.29, 0.717) is 16.8 Å². The number of benzene rings is 2. The van der Waals surface area contributed by atoms with Crippen molar-refractivity contribution in [2.75, 3.05) is 10.6 Å². The van der Waals surface area contributed by atoms with E-state index in [1.807, 2.05) is 0 Å². The van der Waals surface area contributed by atoms with Gasteiger partial charge < -0.3 is 10.6 Å². The second-order valence-corrected chi connectivity index (χ2v) is 10.9. The molecule has 0 atom stereocenters. The zero-order valence-corrected chi connectivity index (χ0v) is 20.9. The predicted octanol–water partition coefficient (Wildman–Crippen LogP) is 5.25. The minimum atomic E-state index is -4.52. The SMILES string of the molecule is NS(=O)(=O)c1cc(Cl)cc(CNc2nc(NC3(C(F)(F)F)CC3)c3nc(-c4ccc(F)cc4)ccc3n2)c1. The number of halogens is 5. The molecule has 1 saturated carbocycles. The molecule has 2 aromatic carbocycles. The van der Waals surface area contributed by atoms with Crippen molar-refractivity contribution in [2.24, 2.45) is 5.14 Å². The van der Waals surface area contributed by atoms with Crippen molar-refractivity contribution in [1.29, 1.82) is 0 Å². The predicted molar refractivity (Wildman–Crippen MR) is 135 cm³/mol. The van der Waals surface area contributed by atoms with Gasteiger partial charge in [0, 0.05) is 17.1 Å². The molecule has 1 fully saturated rings. The first-order valence-electron chi connectivity index (χ1n) is 11.2. The van der Waals surface area contributed by atoms with E-state index in [2.05, 4.69) is 25.6 Å². The molecule has 0 bridgehead atoms. The van der Waals surface area contributed by atoms with Crippen LogP contribution in [0.4, 0.5) is 29.3 Å². The van der Waals surface area contributed by atoms with Crippen LogP contribution in [0.25, 0.3) is 22.3 Å². The number of fused-ring (bicyclic) bond motifs is 1. The topological polar surface area (TPSA) is 123 Å². The number of pyridine rings is 1. The van der Waals surface area contributed by atoms with Crippen LogP contribution in [0.5, 0.6) is 0 Å². The Balaban J connectivity index is 1.53. The highest BCUT2D eigenvalue weighted by Crippen LogP contribution is 2.51. The summed E-state index contributed by atoms with van der Waals surface area (Å²) in [5.41, 5.74) is -0.381. The van der Waals surface area contributed by atoms with Crippen molar-refractivity contribution in [1.82, 2.24) is 15.0 Å². The lowest BCUT2D eigenvalue weighted by atomic mass is 10.1. The molecule has 2 aromatic heterocycles. The molecule has 1 aliphatic rings. The van der Waals surface area contributed by atoms with Crippen LogP contribution in [0.2, 0.25) is 5.02 Å². The molecule has 0 saturated heterocycles. The summed E-state index contributed by atoms with van der Waals surface area (Å²) in [5.74, 6) is -0.591. The van der Waals surface area contributed by atoms with Gasteiger partial charge in [0.15, 0.2) is 5.82 Å². The third-order valence-electron chi connectivity index (χ3n) is 6.04. The van der Waals surface area contributed by atoms with Crippen molar-refractivity contribution >= 4 is 44.4 Å². The number of hydrogen-bond donors (Lipinski definition) is 3.